The van der Waals surface area contributed by atoms with Crippen molar-refractivity contribution in [2.45, 2.75) is 44.6 Å². The molecule has 1 aliphatic heterocycles. The van der Waals surface area contributed by atoms with E-state index in [4.69, 9.17) is 5.11 Å². The fourth-order valence-corrected chi connectivity index (χ4v) is 2.48. The SMILES string of the molecule is O=C(O)CC1CCCN(C(=O)NC2CCC2)C1. The van der Waals surface area contributed by atoms with Gasteiger partial charge in [0.2, 0.25) is 0 Å². The summed E-state index contributed by atoms with van der Waals surface area (Å²) in [4.78, 5) is 24.3. The van der Waals surface area contributed by atoms with Crippen LogP contribution < -0.4 is 5.32 Å². The van der Waals surface area contributed by atoms with Crippen LogP contribution in [-0.4, -0.2) is 41.1 Å². The fraction of sp³-hybridized carbons (Fsp3) is 0.833. The Morgan fingerprint density at radius 1 is 1.24 bits per heavy atom. The van der Waals surface area contributed by atoms with Crippen molar-refractivity contribution in [1.82, 2.24) is 10.2 Å². The Morgan fingerprint density at radius 3 is 2.59 bits per heavy atom. The molecule has 2 fully saturated rings. The van der Waals surface area contributed by atoms with Crippen LogP contribution in [0.3, 0.4) is 0 Å². The number of carboxylic acid groups (broad SMARTS) is 1. The van der Waals surface area contributed by atoms with Crippen LogP contribution in [0, 0.1) is 5.92 Å². The number of urea groups is 1. The third-order valence-corrected chi connectivity index (χ3v) is 3.70. The third-order valence-electron chi connectivity index (χ3n) is 3.70. The Hall–Kier alpha value is -1.26. The second-order valence-electron chi connectivity index (χ2n) is 5.13. The first kappa shape index (κ1) is 12.2. The average molecular weight is 240 g/mol. The highest BCUT2D eigenvalue weighted by molar-refractivity contribution is 5.75. The smallest absolute Gasteiger partial charge is 0.317 e. The van der Waals surface area contributed by atoms with Crippen molar-refractivity contribution < 1.29 is 14.7 Å². The maximum Gasteiger partial charge on any atom is 0.317 e. The molecule has 96 valence electrons. The lowest BCUT2D eigenvalue weighted by Crippen LogP contribution is -2.50. The number of hydrogen-bond acceptors (Lipinski definition) is 2. The summed E-state index contributed by atoms with van der Waals surface area (Å²) in [5, 5.41) is 11.8. The van der Waals surface area contributed by atoms with E-state index >= 15 is 0 Å². The Labute approximate surface area is 101 Å². The van der Waals surface area contributed by atoms with Gasteiger partial charge in [0.1, 0.15) is 0 Å². The molecule has 5 nitrogen and oxygen atoms in total. The molecule has 0 radical (unpaired) electrons. The predicted octanol–water partition coefficient (Wildman–Crippen LogP) is 1.44. The quantitative estimate of drug-likeness (QED) is 0.784. The topological polar surface area (TPSA) is 69.6 Å². The molecule has 0 aromatic heterocycles. The number of carbonyl (C=O) groups excluding carboxylic acids is 1. The third kappa shape index (κ3) is 3.35. The van der Waals surface area contributed by atoms with Gasteiger partial charge in [0.05, 0.1) is 0 Å². The van der Waals surface area contributed by atoms with E-state index in [1.807, 2.05) is 0 Å². The number of nitrogens with zero attached hydrogens (tertiary/aromatic N) is 1. The van der Waals surface area contributed by atoms with Crippen molar-refractivity contribution in [3.8, 4) is 0 Å². The van der Waals surface area contributed by atoms with E-state index in [9.17, 15) is 9.59 Å². The molecule has 2 N–H and O–H groups in total. The van der Waals surface area contributed by atoms with Crippen molar-refractivity contribution in [3.05, 3.63) is 0 Å². The van der Waals surface area contributed by atoms with Gasteiger partial charge in [-0.15, -0.1) is 0 Å². The minimum Gasteiger partial charge on any atom is -0.481 e. The molecule has 0 aromatic carbocycles. The minimum absolute atomic E-state index is 0.00945. The van der Waals surface area contributed by atoms with E-state index in [-0.39, 0.29) is 18.4 Å². The first-order valence-electron chi connectivity index (χ1n) is 6.42. The summed E-state index contributed by atoms with van der Waals surface area (Å²) in [5.74, 6) is -0.648. The van der Waals surface area contributed by atoms with Crippen molar-refractivity contribution in [3.63, 3.8) is 0 Å². The highest BCUT2D eigenvalue weighted by atomic mass is 16.4. The maximum absolute atomic E-state index is 11.9. The summed E-state index contributed by atoms with van der Waals surface area (Å²) >= 11 is 0. The van der Waals surface area contributed by atoms with Crippen molar-refractivity contribution >= 4 is 12.0 Å². The number of carboxylic acids is 1. The van der Waals surface area contributed by atoms with E-state index in [0.717, 1.165) is 32.2 Å². The molecule has 2 amide bonds. The largest absolute Gasteiger partial charge is 0.481 e. The van der Waals surface area contributed by atoms with Crippen molar-refractivity contribution in [2.24, 2.45) is 5.92 Å². The zero-order valence-electron chi connectivity index (χ0n) is 10.0. The monoisotopic (exact) mass is 240 g/mol. The Morgan fingerprint density at radius 2 is 2.00 bits per heavy atom. The van der Waals surface area contributed by atoms with Crippen LogP contribution in [0.15, 0.2) is 0 Å². The molecule has 17 heavy (non-hydrogen) atoms. The van der Waals surface area contributed by atoms with Gasteiger partial charge in [-0.3, -0.25) is 4.79 Å². The highest BCUT2D eigenvalue weighted by Gasteiger charge is 2.27. The van der Waals surface area contributed by atoms with E-state index in [2.05, 4.69) is 5.32 Å². The second-order valence-corrected chi connectivity index (χ2v) is 5.13. The van der Waals surface area contributed by atoms with Gasteiger partial charge in [0, 0.05) is 25.6 Å². The first-order valence-corrected chi connectivity index (χ1v) is 6.42. The predicted molar refractivity (Wildman–Crippen MR) is 62.7 cm³/mol. The number of nitrogens with one attached hydrogen (secondary N) is 1. The molecule has 2 aliphatic rings. The summed E-state index contributed by atoms with van der Waals surface area (Å²) in [6, 6.07) is 0.340. The molecule has 1 saturated heterocycles. The van der Waals surface area contributed by atoms with Crippen LogP contribution in [0.1, 0.15) is 38.5 Å². The second kappa shape index (κ2) is 5.38. The molecule has 1 atom stereocenters. The number of amides is 2. The molecule has 2 rings (SSSR count). The van der Waals surface area contributed by atoms with Crippen LogP contribution in [0.2, 0.25) is 0 Å². The first-order chi connectivity index (χ1) is 8.15. The van der Waals surface area contributed by atoms with Crippen LogP contribution in [0.5, 0.6) is 0 Å². The zero-order valence-corrected chi connectivity index (χ0v) is 10.0. The number of carbonyl (C=O) groups is 2. The molecular weight excluding hydrogens is 220 g/mol. The standard InChI is InChI=1S/C12H20N2O3/c15-11(16)7-9-3-2-6-14(8-9)12(17)13-10-4-1-5-10/h9-10H,1-8H2,(H,13,17)(H,15,16). The molecule has 5 heteroatoms. The molecule has 1 saturated carbocycles. The summed E-state index contributed by atoms with van der Waals surface area (Å²) in [7, 11) is 0. The molecule has 0 spiro atoms. The number of likely N-dealkylation sites (tertiary alicyclic amines) is 1. The van der Waals surface area contributed by atoms with Crippen LogP contribution in [0.4, 0.5) is 4.79 Å². The van der Waals surface area contributed by atoms with Gasteiger partial charge < -0.3 is 15.3 Å². The van der Waals surface area contributed by atoms with Gasteiger partial charge in [-0.05, 0) is 38.0 Å². The van der Waals surface area contributed by atoms with Gasteiger partial charge in [-0.1, -0.05) is 0 Å². The van der Waals surface area contributed by atoms with Crippen LogP contribution in [0.25, 0.3) is 0 Å². The molecule has 1 heterocycles. The lowest BCUT2D eigenvalue weighted by atomic mass is 9.93. The molecule has 0 aromatic rings. The average Bonchev–Trinajstić information content (AvgIpc) is 2.22. The minimum atomic E-state index is -0.767. The van der Waals surface area contributed by atoms with E-state index in [1.54, 1.807) is 4.90 Å². The fourth-order valence-electron chi connectivity index (χ4n) is 2.48. The molecular formula is C12H20N2O3. The number of piperidine rings is 1. The zero-order chi connectivity index (χ0) is 12.3. The van der Waals surface area contributed by atoms with Gasteiger partial charge in [0.15, 0.2) is 0 Å². The van der Waals surface area contributed by atoms with E-state index in [0.29, 0.717) is 12.6 Å². The van der Waals surface area contributed by atoms with Gasteiger partial charge in [-0.2, -0.15) is 0 Å². The molecule has 0 bridgehead atoms. The van der Waals surface area contributed by atoms with Crippen molar-refractivity contribution in [1.29, 1.82) is 0 Å². The van der Waals surface area contributed by atoms with Gasteiger partial charge in [0.25, 0.3) is 0 Å². The van der Waals surface area contributed by atoms with E-state index < -0.39 is 5.97 Å². The van der Waals surface area contributed by atoms with Crippen molar-refractivity contribution in [2.75, 3.05) is 13.1 Å². The molecule has 1 unspecified atom stereocenters. The number of hydrogen-bond donors (Lipinski definition) is 2. The lowest BCUT2D eigenvalue weighted by molar-refractivity contribution is -0.138. The Kier molecular flexibility index (Phi) is 3.86. The lowest BCUT2D eigenvalue weighted by Gasteiger charge is -2.35. The maximum atomic E-state index is 11.9. The van der Waals surface area contributed by atoms with Gasteiger partial charge >= 0.3 is 12.0 Å². The van der Waals surface area contributed by atoms with Crippen LogP contribution >= 0.6 is 0 Å². The summed E-state index contributed by atoms with van der Waals surface area (Å²) in [5.41, 5.74) is 0. The summed E-state index contributed by atoms with van der Waals surface area (Å²) in [6.07, 6.45) is 5.37. The summed E-state index contributed by atoms with van der Waals surface area (Å²) < 4.78 is 0. The normalized spacial score (nSPS) is 25.2. The summed E-state index contributed by atoms with van der Waals surface area (Å²) in [6.45, 7) is 1.35. The molecule has 1 aliphatic carbocycles. The Balaban J connectivity index is 1.78. The van der Waals surface area contributed by atoms with Crippen LogP contribution in [-0.2, 0) is 4.79 Å². The Bertz CT molecular complexity index is 302. The number of aliphatic carboxylic acids is 1. The van der Waals surface area contributed by atoms with E-state index in [1.165, 1.54) is 6.42 Å². The number of rotatable bonds is 3. The van der Waals surface area contributed by atoms with Gasteiger partial charge in [-0.25, -0.2) is 4.79 Å². The highest BCUT2D eigenvalue weighted by Crippen LogP contribution is 2.21.